The average Bonchev–Trinajstić information content (AvgIpc) is 2.68. The molecule has 0 aliphatic heterocycles. The Hall–Kier alpha value is -2.63. The monoisotopic (exact) mass is 387 g/mol. The average molecular weight is 388 g/mol. The molecular formula is C21H21ClFN2O2-. The third-order valence-corrected chi connectivity index (χ3v) is 3.93. The molecule has 0 fully saturated rings. The van der Waals surface area contributed by atoms with Crippen molar-refractivity contribution in [3.05, 3.63) is 89.5 Å². The quantitative estimate of drug-likeness (QED) is 0.628. The number of aromatic nitrogens is 1. The molecule has 2 aromatic carbocycles. The van der Waals surface area contributed by atoms with Gasteiger partial charge in [0, 0.05) is 24.8 Å². The molecule has 1 aromatic heterocycles. The fraction of sp³-hybridized carbons (Fsp3) is 0.190. The molecule has 1 N–H and O–H groups in total. The molecule has 3 aromatic rings. The van der Waals surface area contributed by atoms with E-state index in [1.165, 1.54) is 6.07 Å². The minimum atomic E-state index is -0.276. The highest BCUT2D eigenvalue weighted by Crippen LogP contribution is 2.29. The second-order valence-electron chi connectivity index (χ2n) is 5.79. The summed E-state index contributed by atoms with van der Waals surface area (Å²) >= 11 is 0. The standard InChI is InChI=1S/C21H21FN2O2.ClH/c1-25-21-12-16(13-23-14-18-7-4-5-11-24-18)9-10-20(21)26-15-17-6-2-3-8-19(17)22;/h2-12,23H,13-15H2,1H3;1H/p-1. The van der Waals surface area contributed by atoms with Crippen molar-refractivity contribution in [2.45, 2.75) is 19.7 Å². The molecule has 0 saturated heterocycles. The van der Waals surface area contributed by atoms with Crippen molar-refractivity contribution in [1.82, 2.24) is 10.3 Å². The molecule has 0 amide bonds. The lowest BCUT2D eigenvalue weighted by atomic mass is 10.2. The van der Waals surface area contributed by atoms with Gasteiger partial charge in [-0.15, -0.1) is 0 Å². The van der Waals surface area contributed by atoms with E-state index in [2.05, 4.69) is 10.3 Å². The van der Waals surface area contributed by atoms with Gasteiger partial charge in [0.05, 0.1) is 12.8 Å². The van der Waals surface area contributed by atoms with Gasteiger partial charge in [0.2, 0.25) is 0 Å². The number of halogens is 2. The predicted molar refractivity (Wildman–Crippen MR) is 98.5 cm³/mol. The predicted octanol–water partition coefficient (Wildman–Crippen LogP) is 1.10. The summed E-state index contributed by atoms with van der Waals surface area (Å²) in [6.07, 6.45) is 1.78. The zero-order chi connectivity index (χ0) is 18.2. The maximum atomic E-state index is 13.7. The Bertz CT molecular complexity index is 847. The van der Waals surface area contributed by atoms with Gasteiger partial charge in [-0.3, -0.25) is 4.98 Å². The molecule has 0 unspecified atom stereocenters. The Morgan fingerprint density at radius 3 is 2.52 bits per heavy atom. The van der Waals surface area contributed by atoms with Crippen LogP contribution in [0.25, 0.3) is 0 Å². The van der Waals surface area contributed by atoms with Crippen LogP contribution in [-0.2, 0) is 19.7 Å². The summed E-state index contributed by atoms with van der Waals surface area (Å²) in [4.78, 5) is 4.28. The molecule has 0 spiro atoms. The van der Waals surface area contributed by atoms with Gasteiger partial charge < -0.3 is 27.2 Å². The van der Waals surface area contributed by atoms with Crippen molar-refractivity contribution in [2.75, 3.05) is 7.11 Å². The molecule has 3 rings (SSSR count). The van der Waals surface area contributed by atoms with E-state index in [1.807, 2.05) is 36.4 Å². The van der Waals surface area contributed by atoms with Gasteiger partial charge in [-0.2, -0.15) is 0 Å². The van der Waals surface area contributed by atoms with Gasteiger partial charge in [0.15, 0.2) is 11.5 Å². The van der Waals surface area contributed by atoms with Crippen LogP contribution in [-0.4, -0.2) is 12.1 Å². The minimum Gasteiger partial charge on any atom is -1.00 e. The highest BCUT2D eigenvalue weighted by Gasteiger charge is 2.08. The van der Waals surface area contributed by atoms with Gasteiger partial charge in [-0.25, -0.2) is 4.39 Å². The van der Waals surface area contributed by atoms with Crippen LogP contribution in [0.4, 0.5) is 4.39 Å². The molecule has 0 aliphatic carbocycles. The molecule has 142 valence electrons. The first-order chi connectivity index (χ1) is 12.8. The topological polar surface area (TPSA) is 43.4 Å². The van der Waals surface area contributed by atoms with Crippen molar-refractivity contribution in [3.63, 3.8) is 0 Å². The lowest BCUT2D eigenvalue weighted by molar-refractivity contribution is -0.00000655. The van der Waals surface area contributed by atoms with E-state index in [1.54, 1.807) is 31.5 Å². The number of ether oxygens (including phenoxy) is 2. The molecule has 0 radical (unpaired) electrons. The fourth-order valence-electron chi connectivity index (χ4n) is 2.55. The van der Waals surface area contributed by atoms with E-state index in [4.69, 9.17) is 9.47 Å². The maximum absolute atomic E-state index is 13.7. The number of hydrogen-bond donors (Lipinski definition) is 1. The zero-order valence-corrected chi connectivity index (χ0v) is 15.7. The number of pyridine rings is 1. The van der Waals surface area contributed by atoms with E-state index < -0.39 is 0 Å². The molecule has 0 atom stereocenters. The van der Waals surface area contributed by atoms with E-state index >= 15 is 0 Å². The first kappa shape index (κ1) is 20.7. The first-order valence-electron chi connectivity index (χ1n) is 8.40. The number of methoxy groups -OCH3 is 1. The van der Waals surface area contributed by atoms with Crippen LogP contribution in [0.3, 0.4) is 0 Å². The Morgan fingerprint density at radius 1 is 0.963 bits per heavy atom. The fourth-order valence-corrected chi connectivity index (χ4v) is 2.55. The largest absolute Gasteiger partial charge is 1.00 e. The second-order valence-corrected chi connectivity index (χ2v) is 5.79. The van der Waals surface area contributed by atoms with Crippen molar-refractivity contribution in [2.24, 2.45) is 0 Å². The van der Waals surface area contributed by atoms with E-state index in [0.29, 0.717) is 30.2 Å². The van der Waals surface area contributed by atoms with Crippen LogP contribution in [0.1, 0.15) is 16.8 Å². The molecule has 27 heavy (non-hydrogen) atoms. The number of benzene rings is 2. The maximum Gasteiger partial charge on any atom is 0.161 e. The van der Waals surface area contributed by atoms with Crippen LogP contribution in [0.2, 0.25) is 0 Å². The van der Waals surface area contributed by atoms with Crippen LogP contribution in [0.15, 0.2) is 66.9 Å². The summed E-state index contributed by atoms with van der Waals surface area (Å²) < 4.78 is 24.8. The Kier molecular flexibility index (Phi) is 8.04. The number of rotatable bonds is 8. The summed E-state index contributed by atoms with van der Waals surface area (Å²) in [5, 5.41) is 3.35. The highest BCUT2D eigenvalue weighted by atomic mass is 35.5. The van der Waals surface area contributed by atoms with Gasteiger partial charge in [0.25, 0.3) is 0 Å². The van der Waals surface area contributed by atoms with Crippen LogP contribution >= 0.6 is 0 Å². The summed E-state index contributed by atoms with van der Waals surface area (Å²) in [6.45, 7) is 1.52. The molecule has 1 heterocycles. The smallest absolute Gasteiger partial charge is 0.161 e. The molecule has 0 aliphatic rings. The van der Waals surface area contributed by atoms with E-state index in [9.17, 15) is 4.39 Å². The van der Waals surface area contributed by atoms with E-state index in [0.717, 1.165) is 11.3 Å². The molecule has 0 saturated carbocycles. The molecule has 4 nitrogen and oxygen atoms in total. The SMILES string of the molecule is COc1cc(CNCc2ccccn2)ccc1OCc1ccccc1F.[Cl-]. The molecule has 6 heteroatoms. The van der Waals surface area contributed by atoms with Gasteiger partial charge in [-0.1, -0.05) is 30.3 Å². The number of hydrogen-bond acceptors (Lipinski definition) is 4. The number of nitrogens with one attached hydrogen (secondary N) is 1. The lowest BCUT2D eigenvalue weighted by Crippen LogP contribution is -3.00. The lowest BCUT2D eigenvalue weighted by Gasteiger charge is -2.13. The van der Waals surface area contributed by atoms with Crippen molar-refractivity contribution in [1.29, 1.82) is 0 Å². The zero-order valence-electron chi connectivity index (χ0n) is 15.0. The van der Waals surface area contributed by atoms with Crippen molar-refractivity contribution >= 4 is 0 Å². The second kappa shape index (κ2) is 10.5. The van der Waals surface area contributed by atoms with Gasteiger partial charge in [-0.05, 0) is 35.9 Å². The number of nitrogens with zero attached hydrogens (tertiary/aromatic N) is 1. The summed E-state index contributed by atoms with van der Waals surface area (Å²) in [5.74, 6) is 0.935. The highest BCUT2D eigenvalue weighted by molar-refractivity contribution is 5.43. The molecular weight excluding hydrogens is 367 g/mol. The summed E-state index contributed by atoms with van der Waals surface area (Å²) in [5.41, 5.74) is 2.57. The van der Waals surface area contributed by atoms with Gasteiger partial charge >= 0.3 is 0 Å². The third-order valence-electron chi connectivity index (χ3n) is 3.93. The van der Waals surface area contributed by atoms with Crippen LogP contribution in [0, 0.1) is 5.82 Å². The third kappa shape index (κ3) is 5.94. The van der Waals surface area contributed by atoms with Gasteiger partial charge in [0.1, 0.15) is 12.4 Å². The van der Waals surface area contributed by atoms with Crippen LogP contribution in [0.5, 0.6) is 11.5 Å². The first-order valence-corrected chi connectivity index (χ1v) is 8.40. The Labute approximate surface area is 164 Å². The van der Waals surface area contributed by atoms with E-state index in [-0.39, 0.29) is 24.8 Å². The van der Waals surface area contributed by atoms with Crippen molar-refractivity contribution < 1.29 is 26.3 Å². The van der Waals surface area contributed by atoms with Crippen LogP contribution < -0.4 is 27.2 Å². The Morgan fingerprint density at radius 2 is 1.78 bits per heavy atom. The molecule has 0 bridgehead atoms. The van der Waals surface area contributed by atoms with Crippen molar-refractivity contribution in [3.8, 4) is 11.5 Å². The summed E-state index contributed by atoms with van der Waals surface area (Å²) in [6, 6.07) is 18.1. The Balaban J connectivity index is 0.00000261. The summed E-state index contributed by atoms with van der Waals surface area (Å²) in [7, 11) is 1.59. The minimum absolute atomic E-state index is 0. The normalized spacial score (nSPS) is 10.1.